The summed E-state index contributed by atoms with van der Waals surface area (Å²) in [5.74, 6) is -0.380. The maximum absolute atomic E-state index is 12.4. The van der Waals surface area contributed by atoms with E-state index in [0.29, 0.717) is 22.5 Å². The van der Waals surface area contributed by atoms with Gasteiger partial charge in [0.2, 0.25) is 0 Å². The first-order valence-corrected chi connectivity index (χ1v) is 9.91. The molecule has 0 aliphatic rings. The summed E-state index contributed by atoms with van der Waals surface area (Å²) in [6.45, 7) is 0. The highest BCUT2D eigenvalue weighted by Gasteiger charge is 2.09. The fraction of sp³-hybridized carbons (Fsp3) is 0. The van der Waals surface area contributed by atoms with Crippen LogP contribution in [-0.2, 0) is 0 Å². The van der Waals surface area contributed by atoms with E-state index in [2.05, 4.69) is 55.8 Å². The molecule has 0 unspecified atom stereocenters. The van der Waals surface area contributed by atoms with Gasteiger partial charge in [-0.05, 0) is 99.8 Å². The summed E-state index contributed by atoms with van der Waals surface area (Å²) in [7, 11) is 0. The highest BCUT2D eigenvalue weighted by atomic mass is 127. The molecule has 0 aliphatic heterocycles. The van der Waals surface area contributed by atoms with Gasteiger partial charge in [0.25, 0.3) is 11.8 Å². The van der Waals surface area contributed by atoms with Crippen LogP contribution in [0.5, 0.6) is 0 Å². The van der Waals surface area contributed by atoms with E-state index in [9.17, 15) is 9.59 Å². The SMILES string of the molecule is O=C(Nc1cccc(NC(=O)c2cccc(I)c2)c1)c1cccc(I)c1. The lowest BCUT2D eigenvalue weighted by Crippen LogP contribution is -2.14. The number of amides is 2. The van der Waals surface area contributed by atoms with E-state index < -0.39 is 0 Å². The van der Waals surface area contributed by atoms with Crippen LogP contribution in [0.1, 0.15) is 20.7 Å². The van der Waals surface area contributed by atoms with Crippen molar-refractivity contribution >= 4 is 68.4 Å². The summed E-state index contributed by atoms with van der Waals surface area (Å²) in [6, 6.07) is 21.8. The van der Waals surface area contributed by atoms with Crippen molar-refractivity contribution in [2.45, 2.75) is 0 Å². The maximum Gasteiger partial charge on any atom is 0.255 e. The number of nitrogens with one attached hydrogen (secondary N) is 2. The van der Waals surface area contributed by atoms with Crippen molar-refractivity contribution in [1.82, 2.24) is 0 Å². The summed E-state index contributed by atoms with van der Waals surface area (Å²) < 4.78 is 1.99. The normalized spacial score (nSPS) is 10.2. The minimum absolute atomic E-state index is 0.190. The van der Waals surface area contributed by atoms with Crippen LogP contribution < -0.4 is 10.6 Å². The van der Waals surface area contributed by atoms with Crippen molar-refractivity contribution < 1.29 is 9.59 Å². The topological polar surface area (TPSA) is 58.2 Å². The number of carbonyl (C=O) groups excluding carboxylic acids is 2. The van der Waals surface area contributed by atoms with E-state index in [1.54, 1.807) is 36.4 Å². The Bertz CT molecular complexity index is 899. The first-order chi connectivity index (χ1) is 12.5. The molecular formula is C20H14I2N2O2. The van der Waals surface area contributed by atoms with Crippen molar-refractivity contribution in [2.24, 2.45) is 0 Å². The minimum atomic E-state index is -0.190. The lowest BCUT2D eigenvalue weighted by atomic mass is 10.2. The standard InChI is InChI=1S/C20H14I2N2O2/c21-15-6-1-4-13(10-15)19(25)23-17-8-3-9-18(12-17)24-20(26)14-5-2-7-16(22)11-14/h1-12H,(H,23,25)(H,24,26). The second-order valence-corrected chi connectivity index (χ2v) is 8.00. The maximum atomic E-state index is 12.4. The molecule has 0 bridgehead atoms. The van der Waals surface area contributed by atoms with E-state index in [-0.39, 0.29) is 11.8 Å². The van der Waals surface area contributed by atoms with Crippen molar-refractivity contribution in [3.8, 4) is 0 Å². The summed E-state index contributed by atoms with van der Waals surface area (Å²) in [6.07, 6.45) is 0. The van der Waals surface area contributed by atoms with E-state index >= 15 is 0 Å². The van der Waals surface area contributed by atoms with Gasteiger partial charge in [0.05, 0.1) is 0 Å². The quantitative estimate of drug-likeness (QED) is 0.415. The third kappa shape index (κ3) is 5.04. The molecule has 26 heavy (non-hydrogen) atoms. The highest BCUT2D eigenvalue weighted by Crippen LogP contribution is 2.18. The molecular weight excluding hydrogens is 554 g/mol. The van der Waals surface area contributed by atoms with Gasteiger partial charge in [-0.1, -0.05) is 18.2 Å². The third-order valence-corrected chi connectivity index (χ3v) is 4.89. The Hall–Kier alpha value is -1.94. The lowest BCUT2D eigenvalue weighted by molar-refractivity contribution is 0.101. The van der Waals surface area contributed by atoms with Gasteiger partial charge in [-0.3, -0.25) is 9.59 Å². The number of carbonyl (C=O) groups is 2. The Kier molecular flexibility index (Phi) is 6.25. The molecule has 0 saturated heterocycles. The molecule has 0 fully saturated rings. The molecule has 2 N–H and O–H groups in total. The molecule has 130 valence electrons. The van der Waals surface area contributed by atoms with Gasteiger partial charge in [-0.25, -0.2) is 0 Å². The van der Waals surface area contributed by atoms with E-state index in [0.717, 1.165) is 7.14 Å². The Morgan fingerprint density at radius 3 is 1.46 bits per heavy atom. The molecule has 3 aromatic carbocycles. The molecule has 0 saturated carbocycles. The number of benzene rings is 3. The largest absolute Gasteiger partial charge is 0.322 e. The Balaban J connectivity index is 1.72. The molecule has 3 aromatic rings. The minimum Gasteiger partial charge on any atom is -0.322 e. The van der Waals surface area contributed by atoms with Gasteiger partial charge in [0.1, 0.15) is 0 Å². The van der Waals surface area contributed by atoms with Crippen LogP contribution in [0.4, 0.5) is 11.4 Å². The summed E-state index contributed by atoms with van der Waals surface area (Å²) in [4.78, 5) is 24.7. The molecule has 0 radical (unpaired) electrons. The average molecular weight is 568 g/mol. The zero-order valence-corrected chi connectivity index (χ0v) is 17.8. The number of hydrogen-bond acceptors (Lipinski definition) is 2. The van der Waals surface area contributed by atoms with E-state index in [1.807, 2.05) is 36.4 Å². The zero-order chi connectivity index (χ0) is 18.5. The molecule has 0 heterocycles. The number of rotatable bonds is 4. The van der Waals surface area contributed by atoms with Crippen molar-refractivity contribution in [1.29, 1.82) is 0 Å². The third-order valence-electron chi connectivity index (χ3n) is 3.55. The van der Waals surface area contributed by atoms with Gasteiger partial charge in [0, 0.05) is 29.6 Å². The predicted octanol–water partition coefficient (Wildman–Crippen LogP) is 5.40. The molecule has 4 nitrogen and oxygen atoms in total. The van der Waals surface area contributed by atoms with Gasteiger partial charge in [-0.2, -0.15) is 0 Å². The van der Waals surface area contributed by atoms with Crippen LogP contribution in [0.25, 0.3) is 0 Å². The Labute approximate surface area is 178 Å². The first kappa shape index (κ1) is 18.8. The van der Waals surface area contributed by atoms with E-state index in [1.165, 1.54) is 0 Å². The van der Waals surface area contributed by atoms with E-state index in [4.69, 9.17) is 0 Å². The highest BCUT2D eigenvalue weighted by molar-refractivity contribution is 14.1. The van der Waals surface area contributed by atoms with Crippen LogP contribution in [-0.4, -0.2) is 11.8 Å². The predicted molar refractivity (Wildman–Crippen MR) is 121 cm³/mol. The van der Waals surface area contributed by atoms with Crippen LogP contribution in [0, 0.1) is 7.14 Å². The molecule has 6 heteroatoms. The van der Waals surface area contributed by atoms with Crippen molar-refractivity contribution in [3.05, 3.63) is 91.1 Å². The number of anilines is 2. The van der Waals surface area contributed by atoms with Gasteiger partial charge >= 0.3 is 0 Å². The molecule has 0 spiro atoms. The van der Waals surface area contributed by atoms with Crippen molar-refractivity contribution in [2.75, 3.05) is 10.6 Å². The van der Waals surface area contributed by atoms with Gasteiger partial charge in [-0.15, -0.1) is 0 Å². The lowest BCUT2D eigenvalue weighted by Gasteiger charge is -2.09. The zero-order valence-electron chi connectivity index (χ0n) is 13.5. The second kappa shape index (κ2) is 8.63. The van der Waals surface area contributed by atoms with Crippen LogP contribution in [0.3, 0.4) is 0 Å². The summed E-state index contributed by atoms with van der Waals surface area (Å²) in [5, 5.41) is 5.71. The fourth-order valence-corrected chi connectivity index (χ4v) is 3.43. The Morgan fingerprint density at radius 2 is 1.04 bits per heavy atom. The van der Waals surface area contributed by atoms with Crippen LogP contribution in [0.15, 0.2) is 72.8 Å². The number of hydrogen-bond donors (Lipinski definition) is 2. The summed E-state index contributed by atoms with van der Waals surface area (Å²) in [5.41, 5.74) is 2.42. The fourth-order valence-electron chi connectivity index (χ4n) is 2.34. The van der Waals surface area contributed by atoms with Crippen LogP contribution in [0.2, 0.25) is 0 Å². The molecule has 0 atom stereocenters. The van der Waals surface area contributed by atoms with Gasteiger partial charge < -0.3 is 10.6 Å². The monoisotopic (exact) mass is 568 g/mol. The number of halogens is 2. The molecule has 0 aromatic heterocycles. The second-order valence-electron chi connectivity index (χ2n) is 5.51. The van der Waals surface area contributed by atoms with Gasteiger partial charge in [0.15, 0.2) is 0 Å². The smallest absolute Gasteiger partial charge is 0.255 e. The molecule has 3 rings (SSSR count). The van der Waals surface area contributed by atoms with Crippen LogP contribution >= 0.6 is 45.2 Å². The first-order valence-electron chi connectivity index (χ1n) is 7.75. The average Bonchev–Trinajstić information content (AvgIpc) is 2.62. The summed E-state index contributed by atoms with van der Waals surface area (Å²) >= 11 is 4.34. The van der Waals surface area contributed by atoms with Crippen molar-refractivity contribution in [3.63, 3.8) is 0 Å². The molecule has 2 amide bonds. The molecule has 0 aliphatic carbocycles. The Morgan fingerprint density at radius 1 is 0.615 bits per heavy atom.